The largest absolute Gasteiger partial charge is 0.353 e. The summed E-state index contributed by atoms with van der Waals surface area (Å²) in [5, 5.41) is 0.961. The predicted molar refractivity (Wildman–Crippen MR) is 83.5 cm³/mol. The lowest BCUT2D eigenvalue weighted by molar-refractivity contribution is -0.130. The molecule has 0 radical (unpaired) electrons. The maximum atomic E-state index is 11.8. The number of anilines is 1. The number of carbonyl (C=O) groups excluding carboxylic acids is 1. The number of nitrogens with zero attached hydrogens (tertiary/aromatic N) is 5. The van der Waals surface area contributed by atoms with E-state index in [1.165, 1.54) is 11.5 Å². The lowest BCUT2D eigenvalue weighted by atomic mass is 10.0. The minimum Gasteiger partial charge on any atom is -0.353 e. The van der Waals surface area contributed by atoms with Crippen LogP contribution in [0.4, 0.5) is 5.13 Å². The van der Waals surface area contributed by atoms with Gasteiger partial charge in [0.25, 0.3) is 0 Å². The van der Waals surface area contributed by atoms with E-state index in [1.807, 2.05) is 19.0 Å². The molecular weight excluding hydrogens is 286 g/mol. The Kier molecular flexibility index (Phi) is 4.40. The normalized spacial score (nSPS) is 21.2. The molecule has 2 fully saturated rings. The van der Waals surface area contributed by atoms with Crippen molar-refractivity contribution < 1.29 is 4.79 Å². The Hall–Kier alpha value is -1.21. The average molecular weight is 309 g/mol. The van der Waals surface area contributed by atoms with Gasteiger partial charge in [0.05, 0.1) is 6.54 Å². The molecule has 21 heavy (non-hydrogen) atoms. The molecule has 0 N–H and O–H groups in total. The minimum atomic E-state index is 0.352. The van der Waals surface area contributed by atoms with Crippen LogP contribution in [0.25, 0.3) is 0 Å². The van der Waals surface area contributed by atoms with Gasteiger partial charge in [-0.3, -0.25) is 9.69 Å². The van der Waals surface area contributed by atoms with E-state index in [2.05, 4.69) is 19.2 Å². The van der Waals surface area contributed by atoms with Gasteiger partial charge in [0.1, 0.15) is 0 Å². The molecule has 1 amide bonds. The fraction of sp³-hybridized carbons (Fsp3) is 0.786. The van der Waals surface area contributed by atoms with Crippen LogP contribution in [0, 0.1) is 0 Å². The first kappa shape index (κ1) is 14.7. The van der Waals surface area contributed by atoms with Gasteiger partial charge in [-0.05, 0) is 19.3 Å². The molecule has 2 aliphatic rings. The van der Waals surface area contributed by atoms with E-state index in [4.69, 9.17) is 0 Å². The van der Waals surface area contributed by atoms with Crippen LogP contribution in [0.1, 0.15) is 31.5 Å². The molecule has 2 saturated heterocycles. The number of piperidine rings is 1. The summed E-state index contributed by atoms with van der Waals surface area (Å²) < 4.78 is 4.42. The van der Waals surface area contributed by atoms with Crippen molar-refractivity contribution in [3.63, 3.8) is 0 Å². The lowest BCUT2D eigenvalue weighted by Gasteiger charge is -2.36. The first-order valence-corrected chi connectivity index (χ1v) is 8.42. The molecule has 6 nitrogen and oxygen atoms in total. The zero-order chi connectivity index (χ0) is 14.8. The second-order valence-corrected chi connectivity index (χ2v) is 6.82. The van der Waals surface area contributed by atoms with Crippen molar-refractivity contribution >= 4 is 22.6 Å². The van der Waals surface area contributed by atoms with Gasteiger partial charge in [-0.1, -0.05) is 0 Å². The standard InChI is InChI=1S/C14H23N5OS/c1-17(2)14-15-12(16-21-14)10-18-8-5-11(6-9-18)19-7-3-4-13(19)20/h11H,3-10H2,1-2H3. The molecular formula is C14H23N5OS. The summed E-state index contributed by atoms with van der Waals surface area (Å²) in [6, 6.07) is 0.456. The van der Waals surface area contributed by atoms with E-state index >= 15 is 0 Å². The van der Waals surface area contributed by atoms with E-state index in [0.717, 1.165) is 62.8 Å². The van der Waals surface area contributed by atoms with Crippen LogP contribution < -0.4 is 4.90 Å². The Morgan fingerprint density at radius 1 is 1.29 bits per heavy atom. The Balaban J connectivity index is 1.50. The highest BCUT2D eigenvalue weighted by Gasteiger charge is 2.30. The highest BCUT2D eigenvalue weighted by Crippen LogP contribution is 2.23. The SMILES string of the molecule is CN(C)c1nc(CN2CCC(N3CCCC3=O)CC2)ns1. The fourth-order valence-corrected chi connectivity index (χ4v) is 3.73. The van der Waals surface area contributed by atoms with E-state index in [9.17, 15) is 4.79 Å². The van der Waals surface area contributed by atoms with Gasteiger partial charge >= 0.3 is 0 Å². The number of hydrogen-bond acceptors (Lipinski definition) is 6. The molecule has 1 aromatic rings. The topological polar surface area (TPSA) is 52.6 Å². The molecule has 0 spiro atoms. The third-order valence-corrected chi connectivity index (χ3v) is 5.23. The average Bonchev–Trinajstić information content (AvgIpc) is 3.09. The second-order valence-electron chi connectivity index (χ2n) is 6.09. The number of amides is 1. The van der Waals surface area contributed by atoms with E-state index in [0.29, 0.717) is 11.9 Å². The van der Waals surface area contributed by atoms with Gasteiger partial charge < -0.3 is 9.80 Å². The van der Waals surface area contributed by atoms with Crippen LogP contribution in [0.2, 0.25) is 0 Å². The predicted octanol–water partition coefficient (Wildman–Crippen LogP) is 1.19. The van der Waals surface area contributed by atoms with Crippen molar-refractivity contribution in [2.45, 2.75) is 38.3 Å². The maximum Gasteiger partial charge on any atom is 0.222 e. The Morgan fingerprint density at radius 3 is 2.62 bits per heavy atom. The van der Waals surface area contributed by atoms with E-state index < -0.39 is 0 Å². The smallest absolute Gasteiger partial charge is 0.222 e. The van der Waals surface area contributed by atoms with Crippen LogP contribution in [-0.2, 0) is 11.3 Å². The van der Waals surface area contributed by atoms with Gasteiger partial charge in [-0.15, -0.1) is 0 Å². The van der Waals surface area contributed by atoms with Crippen molar-refractivity contribution in [3.8, 4) is 0 Å². The molecule has 0 aliphatic carbocycles. The van der Waals surface area contributed by atoms with Gasteiger partial charge in [0, 0.05) is 57.7 Å². The highest BCUT2D eigenvalue weighted by atomic mass is 32.1. The Bertz CT molecular complexity index is 495. The van der Waals surface area contributed by atoms with Crippen LogP contribution >= 0.6 is 11.5 Å². The van der Waals surface area contributed by atoms with Crippen molar-refractivity contribution in [2.75, 3.05) is 38.6 Å². The number of aromatic nitrogens is 2. The first-order valence-electron chi connectivity index (χ1n) is 7.65. The molecule has 3 rings (SSSR count). The number of likely N-dealkylation sites (tertiary alicyclic amines) is 2. The minimum absolute atomic E-state index is 0.352. The third kappa shape index (κ3) is 3.35. The summed E-state index contributed by atoms with van der Waals surface area (Å²) in [6.07, 6.45) is 3.94. The first-order chi connectivity index (χ1) is 10.1. The summed E-state index contributed by atoms with van der Waals surface area (Å²) >= 11 is 1.45. The van der Waals surface area contributed by atoms with Crippen molar-refractivity contribution in [1.29, 1.82) is 0 Å². The second kappa shape index (κ2) is 6.27. The van der Waals surface area contributed by atoms with Crippen LogP contribution in [-0.4, -0.2) is 64.8 Å². The third-order valence-electron chi connectivity index (χ3n) is 4.31. The van der Waals surface area contributed by atoms with E-state index in [1.54, 1.807) is 0 Å². The number of hydrogen-bond donors (Lipinski definition) is 0. The maximum absolute atomic E-state index is 11.8. The van der Waals surface area contributed by atoms with Gasteiger partial charge in [0.15, 0.2) is 5.82 Å². The van der Waals surface area contributed by atoms with Gasteiger partial charge in [0.2, 0.25) is 11.0 Å². The summed E-state index contributed by atoms with van der Waals surface area (Å²) in [7, 11) is 3.98. The van der Waals surface area contributed by atoms with Gasteiger partial charge in [-0.2, -0.15) is 4.37 Å². The number of carbonyl (C=O) groups is 1. The molecule has 0 saturated carbocycles. The molecule has 116 valence electrons. The van der Waals surface area contributed by atoms with Crippen LogP contribution in [0.3, 0.4) is 0 Å². The van der Waals surface area contributed by atoms with Crippen molar-refractivity contribution in [2.24, 2.45) is 0 Å². The molecule has 0 atom stereocenters. The van der Waals surface area contributed by atoms with Crippen molar-refractivity contribution in [1.82, 2.24) is 19.2 Å². The van der Waals surface area contributed by atoms with E-state index in [-0.39, 0.29) is 0 Å². The van der Waals surface area contributed by atoms with Gasteiger partial charge in [-0.25, -0.2) is 4.98 Å². The number of rotatable bonds is 4. The lowest BCUT2D eigenvalue weighted by Crippen LogP contribution is -2.45. The molecule has 0 aromatic carbocycles. The Morgan fingerprint density at radius 2 is 2.05 bits per heavy atom. The summed E-state index contributed by atoms with van der Waals surface area (Å²) in [6.45, 7) is 3.85. The Labute approximate surface area is 129 Å². The molecule has 2 aliphatic heterocycles. The summed E-state index contributed by atoms with van der Waals surface area (Å²) in [5.41, 5.74) is 0. The molecule has 7 heteroatoms. The fourth-order valence-electron chi connectivity index (χ4n) is 3.13. The molecule has 3 heterocycles. The summed E-state index contributed by atoms with van der Waals surface area (Å²) in [5.74, 6) is 1.27. The summed E-state index contributed by atoms with van der Waals surface area (Å²) in [4.78, 5) is 22.8. The van der Waals surface area contributed by atoms with Crippen molar-refractivity contribution in [3.05, 3.63) is 5.82 Å². The molecule has 1 aromatic heterocycles. The highest BCUT2D eigenvalue weighted by molar-refractivity contribution is 7.09. The van der Waals surface area contributed by atoms with Crippen LogP contribution in [0.15, 0.2) is 0 Å². The molecule has 0 unspecified atom stereocenters. The monoisotopic (exact) mass is 309 g/mol. The molecule has 0 bridgehead atoms. The quantitative estimate of drug-likeness (QED) is 0.836. The zero-order valence-electron chi connectivity index (χ0n) is 12.8. The zero-order valence-corrected chi connectivity index (χ0v) is 13.6. The van der Waals surface area contributed by atoms with Crippen LogP contribution in [0.5, 0.6) is 0 Å².